The molecule has 41 heavy (non-hydrogen) atoms. The van der Waals surface area contributed by atoms with Gasteiger partial charge in [0.15, 0.2) is 0 Å². The van der Waals surface area contributed by atoms with Crippen molar-refractivity contribution in [1.29, 1.82) is 0 Å². The van der Waals surface area contributed by atoms with Crippen LogP contribution in [-0.4, -0.2) is 47.2 Å². The van der Waals surface area contributed by atoms with Gasteiger partial charge in [0, 0.05) is 36.3 Å². The van der Waals surface area contributed by atoms with Crippen molar-refractivity contribution in [1.82, 2.24) is 20.4 Å². The number of rotatable bonds is 6. The Morgan fingerprint density at radius 3 is 2.68 bits per heavy atom. The lowest BCUT2D eigenvalue weighted by Gasteiger charge is -2.33. The lowest BCUT2D eigenvalue weighted by atomic mass is 9.73. The summed E-state index contributed by atoms with van der Waals surface area (Å²) in [6.45, 7) is 5.55. The number of carbonyl (C=O) groups excluding carboxylic acids is 1. The van der Waals surface area contributed by atoms with Crippen molar-refractivity contribution in [2.45, 2.75) is 63.7 Å². The number of hydrogen-bond acceptors (Lipinski definition) is 6. The minimum absolute atomic E-state index is 0.0707. The highest BCUT2D eigenvalue weighted by molar-refractivity contribution is 7.09. The molecule has 3 fully saturated rings. The number of carbonyl (C=O) groups is 1. The molecule has 2 aromatic carbocycles. The SMILES string of the molecule is C[C@@H](c1cc2c(c(C(F)(F)F)c1)CN(c1cccc([C@H](c3nncs3)C3CCC3)c1)C2=O)N1CC[C@]2(CCNC2)C1. The first-order valence-electron chi connectivity index (χ1n) is 14.6. The minimum Gasteiger partial charge on any atom is -0.316 e. The van der Waals surface area contributed by atoms with Gasteiger partial charge in [-0.05, 0) is 98.0 Å². The molecule has 3 atom stereocenters. The number of aromatic nitrogens is 2. The molecule has 0 bridgehead atoms. The third-order valence-corrected chi connectivity index (χ3v) is 10.8. The van der Waals surface area contributed by atoms with E-state index >= 15 is 0 Å². The normalized spacial score (nSPS) is 24.7. The van der Waals surface area contributed by atoms with Crippen molar-refractivity contribution in [2.24, 2.45) is 11.3 Å². The van der Waals surface area contributed by atoms with Crippen LogP contribution in [0.2, 0.25) is 0 Å². The second-order valence-electron chi connectivity index (χ2n) is 12.3. The fourth-order valence-electron chi connectivity index (χ4n) is 7.38. The number of anilines is 1. The van der Waals surface area contributed by atoms with Crippen molar-refractivity contribution in [3.63, 3.8) is 0 Å². The Balaban J connectivity index is 1.21. The number of nitrogens with zero attached hydrogens (tertiary/aromatic N) is 4. The molecule has 4 aliphatic rings. The van der Waals surface area contributed by atoms with E-state index in [9.17, 15) is 18.0 Å². The quantitative estimate of drug-likeness (QED) is 0.365. The highest BCUT2D eigenvalue weighted by atomic mass is 32.1. The third-order valence-electron chi connectivity index (χ3n) is 10.0. The molecule has 2 saturated heterocycles. The van der Waals surface area contributed by atoms with Crippen molar-refractivity contribution in [3.05, 3.63) is 74.7 Å². The fraction of sp³-hybridized carbons (Fsp3) is 0.516. The Hall–Kier alpha value is -2.82. The zero-order valence-corrected chi connectivity index (χ0v) is 23.9. The van der Waals surface area contributed by atoms with Gasteiger partial charge in [-0.3, -0.25) is 9.69 Å². The highest BCUT2D eigenvalue weighted by Gasteiger charge is 2.44. The maximum atomic E-state index is 14.5. The number of amides is 1. The van der Waals surface area contributed by atoms with E-state index in [1.807, 2.05) is 31.2 Å². The van der Waals surface area contributed by atoms with Gasteiger partial charge >= 0.3 is 6.18 Å². The van der Waals surface area contributed by atoms with Gasteiger partial charge in [-0.15, -0.1) is 21.5 Å². The largest absolute Gasteiger partial charge is 0.416 e. The molecule has 4 heterocycles. The summed E-state index contributed by atoms with van der Waals surface area (Å²) in [4.78, 5) is 17.6. The lowest BCUT2D eigenvalue weighted by Crippen LogP contribution is -2.31. The number of alkyl halides is 3. The van der Waals surface area contributed by atoms with E-state index in [1.165, 1.54) is 28.7 Å². The van der Waals surface area contributed by atoms with Gasteiger partial charge in [0.1, 0.15) is 10.5 Å². The van der Waals surface area contributed by atoms with Crippen LogP contribution in [0.4, 0.5) is 18.9 Å². The van der Waals surface area contributed by atoms with Gasteiger partial charge in [0.2, 0.25) is 0 Å². The zero-order valence-electron chi connectivity index (χ0n) is 23.1. The topological polar surface area (TPSA) is 61.4 Å². The first-order valence-corrected chi connectivity index (χ1v) is 15.5. The molecule has 1 N–H and O–H groups in total. The minimum atomic E-state index is -4.55. The maximum absolute atomic E-state index is 14.5. The van der Waals surface area contributed by atoms with Gasteiger partial charge < -0.3 is 10.2 Å². The summed E-state index contributed by atoms with van der Waals surface area (Å²) in [5.41, 5.74) is 3.70. The van der Waals surface area contributed by atoms with E-state index in [1.54, 1.807) is 11.6 Å². The molecule has 10 heteroatoms. The molecule has 0 radical (unpaired) electrons. The summed E-state index contributed by atoms with van der Waals surface area (Å²) in [5.74, 6) is 0.161. The van der Waals surface area contributed by atoms with Crippen LogP contribution in [0.3, 0.4) is 0 Å². The van der Waals surface area contributed by atoms with Crippen LogP contribution in [0, 0.1) is 11.3 Å². The van der Waals surface area contributed by atoms with Crippen molar-refractivity contribution < 1.29 is 18.0 Å². The van der Waals surface area contributed by atoms with Gasteiger partial charge in [-0.2, -0.15) is 13.2 Å². The molecular formula is C31H34F3N5OS. The Labute approximate surface area is 242 Å². The van der Waals surface area contributed by atoms with E-state index in [2.05, 4.69) is 20.4 Å². The van der Waals surface area contributed by atoms with E-state index in [0.717, 1.165) is 62.4 Å². The van der Waals surface area contributed by atoms with Crippen LogP contribution in [0.5, 0.6) is 0 Å². The molecule has 1 saturated carbocycles. The molecule has 1 aromatic heterocycles. The first-order chi connectivity index (χ1) is 19.7. The molecular weight excluding hydrogens is 547 g/mol. The number of halogens is 3. The summed E-state index contributed by atoms with van der Waals surface area (Å²) < 4.78 is 43.4. The van der Waals surface area contributed by atoms with Crippen LogP contribution in [0.1, 0.15) is 88.6 Å². The van der Waals surface area contributed by atoms with Crippen LogP contribution in [0.25, 0.3) is 0 Å². The lowest BCUT2D eigenvalue weighted by molar-refractivity contribution is -0.138. The molecule has 216 valence electrons. The molecule has 1 aliphatic carbocycles. The summed E-state index contributed by atoms with van der Waals surface area (Å²) in [6, 6.07) is 10.5. The molecule has 1 amide bonds. The summed E-state index contributed by atoms with van der Waals surface area (Å²) >= 11 is 1.52. The molecule has 3 aliphatic heterocycles. The number of benzene rings is 2. The van der Waals surface area contributed by atoms with E-state index in [-0.39, 0.29) is 41.0 Å². The molecule has 0 unspecified atom stereocenters. The Morgan fingerprint density at radius 2 is 2.00 bits per heavy atom. The van der Waals surface area contributed by atoms with Crippen molar-refractivity contribution in [2.75, 3.05) is 31.1 Å². The van der Waals surface area contributed by atoms with Crippen LogP contribution in [0.15, 0.2) is 41.9 Å². The first kappa shape index (κ1) is 27.0. The van der Waals surface area contributed by atoms with E-state index in [4.69, 9.17) is 0 Å². The van der Waals surface area contributed by atoms with Crippen LogP contribution in [-0.2, 0) is 12.7 Å². The molecule has 7 rings (SSSR count). The summed E-state index contributed by atoms with van der Waals surface area (Å²) in [7, 11) is 0. The fourth-order valence-corrected chi connectivity index (χ4v) is 8.15. The highest BCUT2D eigenvalue weighted by Crippen LogP contribution is 2.46. The maximum Gasteiger partial charge on any atom is 0.416 e. The van der Waals surface area contributed by atoms with Gasteiger partial charge in [0.05, 0.1) is 12.1 Å². The second-order valence-corrected chi connectivity index (χ2v) is 13.2. The molecule has 1 spiro atoms. The Bertz CT molecular complexity index is 1450. The summed E-state index contributed by atoms with van der Waals surface area (Å²) in [5, 5.41) is 12.8. The Morgan fingerprint density at radius 1 is 1.15 bits per heavy atom. The number of nitrogens with one attached hydrogen (secondary N) is 1. The monoisotopic (exact) mass is 581 g/mol. The predicted octanol–water partition coefficient (Wildman–Crippen LogP) is 6.40. The zero-order chi connectivity index (χ0) is 28.4. The average Bonchev–Trinajstić information content (AvgIpc) is 3.74. The number of fused-ring (bicyclic) bond motifs is 1. The van der Waals surface area contributed by atoms with Crippen molar-refractivity contribution >= 4 is 22.9 Å². The standard InChI is InChI=1S/C31H34F3N5OS/c1-19(38-11-9-30(17-38)8-10-35-16-30)22-13-24-25(26(14-22)31(32,33)34)15-39(29(24)40)23-7-3-6-21(12-23)27(20-4-2-5-20)28-37-36-18-41-28/h3,6-7,12-14,18-20,27,35H,2,4-5,8-11,15-17H2,1H3/t19-,27+,30-/m0/s1. The second kappa shape index (κ2) is 10.2. The van der Waals surface area contributed by atoms with Gasteiger partial charge in [-0.25, -0.2) is 0 Å². The Kier molecular flexibility index (Phi) is 6.71. The predicted molar refractivity (Wildman–Crippen MR) is 152 cm³/mol. The van der Waals surface area contributed by atoms with Gasteiger partial charge in [0.25, 0.3) is 5.91 Å². The smallest absolute Gasteiger partial charge is 0.316 e. The van der Waals surface area contributed by atoms with E-state index in [0.29, 0.717) is 17.2 Å². The number of hydrogen-bond donors (Lipinski definition) is 1. The van der Waals surface area contributed by atoms with Gasteiger partial charge in [-0.1, -0.05) is 18.6 Å². The number of likely N-dealkylation sites (tertiary alicyclic amines) is 1. The van der Waals surface area contributed by atoms with Crippen molar-refractivity contribution in [3.8, 4) is 0 Å². The van der Waals surface area contributed by atoms with Crippen LogP contribution < -0.4 is 10.2 Å². The molecule has 3 aromatic rings. The average molecular weight is 582 g/mol. The third kappa shape index (κ3) is 4.77. The molecule has 6 nitrogen and oxygen atoms in total. The summed E-state index contributed by atoms with van der Waals surface area (Å²) in [6.07, 6.45) is 0.980. The van der Waals surface area contributed by atoms with Crippen LogP contribution >= 0.6 is 11.3 Å². The van der Waals surface area contributed by atoms with E-state index < -0.39 is 11.7 Å².